The number of hydrogen-bond acceptors (Lipinski definition) is 2. The molecule has 0 unspecified atom stereocenters. The Hall–Kier alpha value is -2.17. The van der Waals surface area contributed by atoms with Crippen molar-refractivity contribution >= 4 is 23.3 Å². The molecule has 4 nitrogen and oxygen atoms in total. The van der Waals surface area contributed by atoms with E-state index >= 15 is 0 Å². The summed E-state index contributed by atoms with van der Waals surface area (Å²) in [6.45, 7) is 0. The first-order valence-electron chi connectivity index (χ1n) is 4.12. The van der Waals surface area contributed by atoms with Crippen molar-refractivity contribution in [3.05, 3.63) is 35.8 Å². The van der Waals surface area contributed by atoms with Crippen molar-refractivity contribution in [3.8, 4) is 0 Å². The van der Waals surface area contributed by atoms with Gasteiger partial charge in [0.1, 0.15) is 5.82 Å². The highest BCUT2D eigenvalue weighted by Gasteiger charge is 2.12. The van der Waals surface area contributed by atoms with Gasteiger partial charge >= 0.3 is 6.09 Å². The van der Waals surface area contributed by atoms with Gasteiger partial charge in [-0.15, -0.1) is 0 Å². The van der Waals surface area contributed by atoms with Crippen LogP contribution in [0, 0.1) is 5.82 Å². The number of aromatic nitrogens is 1. The predicted octanol–water partition coefficient (Wildman–Crippen LogP) is 2.12. The minimum absolute atomic E-state index is 0.171. The topological polar surface area (TPSA) is 59.3 Å². The summed E-state index contributed by atoms with van der Waals surface area (Å²) in [6, 6.07) is 3.64. The van der Waals surface area contributed by atoms with Crippen molar-refractivity contribution in [2.24, 2.45) is 0 Å². The molecule has 1 aromatic heterocycles. The van der Waals surface area contributed by atoms with Crippen LogP contribution in [-0.4, -0.2) is 22.1 Å². The summed E-state index contributed by atoms with van der Waals surface area (Å²) in [5.74, 6) is -0.541. The summed E-state index contributed by atoms with van der Waals surface area (Å²) in [6.07, 6.45) is 0.456. The third-order valence-corrected chi connectivity index (χ3v) is 2.13. The van der Waals surface area contributed by atoms with E-state index in [0.717, 1.165) is 10.6 Å². The van der Waals surface area contributed by atoms with E-state index < -0.39 is 11.9 Å². The Labute approximate surface area is 83.5 Å². The lowest BCUT2D eigenvalue weighted by Crippen LogP contribution is -2.05. The smallest absolute Gasteiger partial charge is 0.416 e. The number of fused-ring (bicyclic) bond motifs is 1. The molecule has 2 aromatic rings. The minimum atomic E-state index is -1.25. The van der Waals surface area contributed by atoms with Gasteiger partial charge in [-0.2, -0.15) is 0 Å². The van der Waals surface area contributed by atoms with Crippen LogP contribution in [0.15, 0.2) is 24.4 Å². The van der Waals surface area contributed by atoms with Crippen LogP contribution in [0.25, 0.3) is 10.9 Å². The molecule has 0 radical (unpaired) electrons. The van der Waals surface area contributed by atoms with Gasteiger partial charge in [-0.1, -0.05) is 0 Å². The zero-order valence-electron chi connectivity index (χ0n) is 7.48. The molecule has 2 rings (SSSR count). The quantitative estimate of drug-likeness (QED) is 0.728. The van der Waals surface area contributed by atoms with Gasteiger partial charge in [0.2, 0.25) is 0 Å². The van der Waals surface area contributed by atoms with Crippen LogP contribution in [0.4, 0.5) is 9.18 Å². The Morgan fingerprint density at radius 1 is 1.47 bits per heavy atom. The number of aldehydes is 1. The molecule has 0 saturated carbocycles. The summed E-state index contributed by atoms with van der Waals surface area (Å²) < 4.78 is 13.7. The summed E-state index contributed by atoms with van der Waals surface area (Å²) in [5.41, 5.74) is 0.400. The number of benzene rings is 1. The second-order valence-electron chi connectivity index (χ2n) is 3.02. The van der Waals surface area contributed by atoms with Crippen molar-refractivity contribution in [1.82, 2.24) is 4.57 Å². The normalized spacial score (nSPS) is 10.5. The number of carbonyl (C=O) groups is 2. The van der Waals surface area contributed by atoms with E-state index in [9.17, 15) is 14.0 Å². The van der Waals surface area contributed by atoms with E-state index in [1.54, 1.807) is 0 Å². The lowest BCUT2D eigenvalue weighted by atomic mass is 10.2. The molecular weight excluding hydrogens is 201 g/mol. The molecule has 0 spiro atoms. The van der Waals surface area contributed by atoms with Gasteiger partial charge < -0.3 is 5.11 Å². The minimum Gasteiger partial charge on any atom is -0.464 e. The fourth-order valence-corrected chi connectivity index (χ4v) is 1.48. The van der Waals surface area contributed by atoms with E-state index in [-0.39, 0.29) is 11.1 Å². The summed E-state index contributed by atoms with van der Waals surface area (Å²) >= 11 is 0. The fraction of sp³-hybridized carbons (Fsp3) is 0. The SMILES string of the molecule is O=Cc1cn(C(=O)O)c2cc(F)ccc12. The molecule has 0 atom stereocenters. The first-order valence-corrected chi connectivity index (χ1v) is 4.12. The van der Waals surface area contributed by atoms with Gasteiger partial charge in [0, 0.05) is 17.1 Å². The lowest BCUT2D eigenvalue weighted by Gasteiger charge is -1.96. The Morgan fingerprint density at radius 2 is 2.20 bits per heavy atom. The van der Waals surface area contributed by atoms with Crippen LogP contribution in [0.5, 0.6) is 0 Å². The molecule has 1 aromatic carbocycles. The van der Waals surface area contributed by atoms with E-state index in [0.29, 0.717) is 11.7 Å². The van der Waals surface area contributed by atoms with E-state index in [2.05, 4.69) is 0 Å². The maximum absolute atomic E-state index is 12.9. The van der Waals surface area contributed by atoms with Crippen LogP contribution in [-0.2, 0) is 0 Å². The van der Waals surface area contributed by atoms with Crippen LogP contribution < -0.4 is 0 Å². The van der Waals surface area contributed by atoms with Crippen molar-refractivity contribution in [2.45, 2.75) is 0 Å². The Kier molecular flexibility index (Phi) is 2.00. The van der Waals surface area contributed by atoms with Gasteiger partial charge in [0.25, 0.3) is 0 Å². The summed E-state index contributed by atoms with van der Waals surface area (Å²) in [4.78, 5) is 21.4. The van der Waals surface area contributed by atoms with Gasteiger partial charge in [0.05, 0.1) is 5.52 Å². The lowest BCUT2D eigenvalue weighted by molar-refractivity contribution is 0.112. The number of halogens is 1. The van der Waals surface area contributed by atoms with Gasteiger partial charge in [-0.25, -0.2) is 9.18 Å². The third kappa shape index (κ3) is 1.38. The molecule has 0 fully saturated rings. The average molecular weight is 207 g/mol. The molecule has 0 bridgehead atoms. The molecule has 0 amide bonds. The fourth-order valence-electron chi connectivity index (χ4n) is 1.48. The molecule has 15 heavy (non-hydrogen) atoms. The maximum atomic E-state index is 12.9. The number of nitrogens with zero attached hydrogens (tertiary/aromatic N) is 1. The van der Waals surface area contributed by atoms with E-state index in [1.807, 2.05) is 0 Å². The van der Waals surface area contributed by atoms with E-state index in [4.69, 9.17) is 5.11 Å². The monoisotopic (exact) mass is 207 g/mol. The second-order valence-corrected chi connectivity index (χ2v) is 3.02. The van der Waals surface area contributed by atoms with Crippen LogP contribution in [0.2, 0.25) is 0 Å². The van der Waals surface area contributed by atoms with Gasteiger partial charge in [-0.05, 0) is 18.2 Å². The number of rotatable bonds is 1. The van der Waals surface area contributed by atoms with Gasteiger partial charge in [0.15, 0.2) is 6.29 Å². The molecule has 1 heterocycles. The molecule has 5 heteroatoms. The van der Waals surface area contributed by atoms with E-state index in [1.165, 1.54) is 18.3 Å². The average Bonchev–Trinajstić information content (AvgIpc) is 2.55. The standard InChI is InChI=1S/C10H6FNO3/c11-7-1-2-8-6(5-13)4-12(10(14)15)9(8)3-7/h1-5H,(H,14,15). The first-order chi connectivity index (χ1) is 7.13. The maximum Gasteiger partial charge on any atom is 0.416 e. The highest BCUT2D eigenvalue weighted by Crippen LogP contribution is 2.20. The molecule has 0 aliphatic carbocycles. The molecule has 0 saturated heterocycles. The zero-order valence-corrected chi connectivity index (χ0v) is 7.48. The first kappa shape index (κ1) is 9.39. The second kappa shape index (κ2) is 3.20. The Balaban J connectivity index is 2.87. The summed E-state index contributed by atoms with van der Waals surface area (Å²) in [5, 5.41) is 9.23. The van der Waals surface area contributed by atoms with Crippen molar-refractivity contribution in [2.75, 3.05) is 0 Å². The predicted molar refractivity (Wildman–Crippen MR) is 50.7 cm³/mol. The number of hydrogen-bond donors (Lipinski definition) is 1. The molecular formula is C10H6FNO3. The largest absolute Gasteiger partial charge is 0.464 e. The summed E-state index contributed by atoms with van der Waals surface area (Å²) in [7, 11) is 0. The molecule has 0 aliphatic rings. The number of carboxylic acid groups (broad SMARTS) is 1. The molecule has 76 valence electrons. The third-order valence-electron chi connectivity index (χ3n) is 2.13. The van der Waals surface area contributed by atoms with Crippen molar-refractivity contribution in [1.29, 1.82) is 0 Å². The molecule has 0 aliphatic heterocycles. The van der Waals surface area contributed by atoms with Crippen molar-refractivity contribution in [3.63, 3.8) is 0 Å². The van der Waals surface area contributed by atoms with Crippen LogP contribution in [0.1, 0.15) is 10.4 Å². The Bertz CT molecular complexity index is 559. The van der Waals surface area contributed by atoms with Gasteiger partial charge in [-0.3, -0.25) is 9.36 Å². The highest BCUT2D eigenvalue weighted by molar-refractivity contribution is 6.01. The zero-order chi connectivity index (χ0) is 11.0. The molecule has 1 N–H and O–H groups in total. The highest BCUT2D eigenvalue weighted by atomic mass is 19.1. The number of carbonyl (C=O) groups excluding carboxylic acids is 1. The van der Waals surface area contributed by atoms with Crippen LogP contribution >= 0.6 is 0 Å². The Morgan fingerprint density at radius 3 is 2.80 bits per heavy atom. The van der Waals surface area contributed by atoms with Crippen LogP contribution in [0.3, 0.4) is 0 Å². The van der Waals surface area contributed by atoms with Crippen molar-refractivity contribution < 1.29 is 19.1 Å².